The summed E-state index contributed by atoms with van der Waals surface area (Å²) in [6, 6.07) is 9.45. The van der Waals surface area contributed by atoms with Crippen LogP contribution in [0.5, 0.6) is 5.75 Å². The third-order valence-electron chi connectivity index (χ3n) is 6.67. The van der Waals surface area contributed by atoms with Crippen molar-refractivity contribution in [2.45, 2.75) is 49.3 Å². The van der Waals surface area contributed by atoms with Crippen LogP contribution in [0.4, 0.5) is 4.39 Å². The highest BCUT2D eigenvalue weighted by Gasteiger charge is 2.42. The first-order chi connectivity index (χ1) is 16.7. The van der Waals surface area contributed by atoms with E-state index in [-0.39, 0.29) is 60.8 Å². The summed E-state index contributed by atoms with van der Waals surface area (Å²) in [6.07, 6.45) is 1.06. The van der Waals surface area contributed by atoms with Crippen molar-refractivity contribution in [1.29, 1.82) is 0 Å². The number of imide groups is 1. The van der Waals surface area contributed by atoms with E-state index < -0.39 is 27.9 Å². The Labute approximate surface area is 201 Å². The lowest BCUT2D eigenvalue weighted by molar-refractivity contribution is -0.136. The fraction of sp³-hybridized carbons (Fsp3) is 0.375. The van der Waals surface area contributed by atoms with Crippen LogP contribution in [0.1, 0.15) is 41.6 Å². The quantitative estimate of drug-likeness (QED) is 0.626. The molecule has 184 valence electrons. The van der Waals surface area contributed by atoms with Crippen molar-refractivity contribution < 1.29 is 31.9 Å². The number of hydrogen-bond acceptors (Lipinski definition) is 6. The molecule has 0 bridgehead atoms. The fourth-order valence-electron chi connectivity index (χ4n) is 4.83. The third-order valence-corrected chi connectivity index (χ3v) is 8.66. The average molecular weight is 502 g/mol. The Morgan fingerprint density at radius 3 is 2.37 bits per heavy atom. The van der Waals surface area contributed by atoms with Gasteiger partial charge in [0, 0.05) is 37.2 Å². The topological polar surface area (TPSA) is 113 Å². The van der Waals surface area contributed by atoms with Gasteiger partial charge in [0.15, 0.2) is 0 Å². The summed E-state index contributed by atoms with van der Waals surface area (Å²) in [7, 11) is -3.89. The number of carbonyl (C=O) groups is 3. The molecule has 35 heavy (non-hydrogen) atoms. The Kier molecular flexibility index (Phi) is 6.06. The molecule has 0 aliphatic carbocycles. The van der Waals surface area contributed by atoms with Gasteiger partial charge in [-0.3, -0.25) is 19.7 Å². The largest absolute Gasteiger partial charge is 0.490 e. The number of piperidine rings is 2. The number of sulfonamides is 1. The van der Waals surface area contributed by atoms with E-state index in [4.69, 9.17) is 4.74 Å². The van der Waals surface area contributed by atoms with Crippen LogP contribution in [0.2, 0.25) is 0 Å². The highest BCUT2D eigenvalue weighted by atomic mass is 32.2. The molecule has 1 N–H and O–H groups in total. The van der Waals surface area contributed by atoms with Gasteiger partial charge in [-0.15, -0.1) is 0 Å². The molecule has 0 saturated carbocycles. The summed E-state index contributed by atoms with van der Waals surface area (Å²) in [5.41, 5.74) is 0.622. The minimum absolute atomic E-state index is 0.0139. The van der Waals surface area contributed by atoms with Crippen LogP contribution >= 0.6 is 0 Å². The molecule has 0 radical (unpaired) electrons. The normalized spacial score (nSPS) is 21.7. The predicted octanol–water partition coefficient (Wildman–Crippen LogP) is 1.82. The van der Waals surface area contributed by atoms with Gasteiger partial charge in [-0.05, 0) is 55.7 Å². The highest BCUT2D eigenvalue weighted by molar-refractivity contribution is 7.89. The second kappa shape index (κ2) is 9.04. The molecule has 2 saturated heterocycles. The maximum Gasteiger partial charge on any atom is 0.255 e. The lowest BCUT2D eigenvalue weighted by atomic mass is 10.0. The Morgan fingerprint density at radius 2 is 1.69 bits per heavy atom. The van der Waals surface area contributed by atoms with E-state index in [0.717, 1.165) is 0 Å². The summed E-state index contributed by atoms with van der Waals surface area (Å²) in [6.45, 7) is 0.464. The van der Waals surface area contributed by atoms with E-state index in [1.54, 1.807) is 6.07 Å². The van der Waals surface area contributed by atoms with Crippen molar-refractivity contribution >= 4 is 27.7 Å². The molecule has 0 aromatic heterocycles. The molecule has 2 aromatic carbocycles. The summed E-state index contributed by atoms with van der Waals surface area (Å²) in [5, 5.41) is 2.25. The molecule has 2 aromatic rings. The molecule has 11 heteroatoms. The van der Waals surface area contributed by atoms with Crippen molar-refractivity contribution in [2.75, 3.05) is 13.1 Å². The minimum Gasteiger partial charge on any atom is -0.490 e. The van der Waals surface area contributed by atoms with Crippen molar-refractivity contribution in [1.82, 2.24) is 14.5 Å². The fourth-order valence-corrected chi connectivity index (χ4v) is 6.54. The molecule has 5 rings (SSSR count). The van der Waals surface area contributed by atoms with Crippen molar-refractivity contribution in [2.24, 2.45) is 0 Å². The molecular formula is C24H24FN3O6S. The van der Waals surface area contributed by atoms with Gasteiger partial charge in [-0.2, -0.15) is 4.31 Å². The maximum atomic E-state index is 13.5. The number of rotatable bonds is 5. The van der Waals surface area contributed by atoms with Crippen LogP contribution in [-0.2, 0) is 26.2 Å². The molecular weight excluding hydrogens is 477 g/mol. The Bertz CT molecular complexity index is 1290. The van der Waals surface area contributed by atoms with E-state index in [1.807, 2.05) is 0 Å². The summed E-state index contributed by atoms with van der Waals surface area (Å²) in [5.74, 6) is -1.18. The van der Waals surface area contributed by atoms with Crippen LogP contribution in [0.3, 0.4) is 0 Å². The zero-order valence-electron chi connectivity index (χ0n) is 18.8. The van der Waals surface area contributed by atoms with Gasteiger partial charge >= 0.3 is 0 Å². The zero-order chi connectivity index (χ0) is 24.7. The standard InChI is InChI=1S/C24H24FN3O6S/c25-15-4-6-16(7-5-15)34-17-10-12-27(13-11-17)35(32,33)21-3-1-2-18-19(21)14-28(24(18)31)20-8-9-22(29)26-23(20)30/h1-7,17,20H,8-14H2,(H,26,29,30). The van der Waals surface area contributed by atoms with Crippen molar-refractivity contribution in [3.8, 4) is 5.75 Å². The van der Waals surface area contributed by atoms with Crippen molar-refractivity contribution in [3.05, 3.63) is 59.4 Å². The van der Waals surface area contributed by atoms with E-state index in [9.17, 15) is 27.2 Å². The molecule has 3 amide bonds. The number of amides is 3. The number of hydrogen-bond donors (Lipinski definition) is 1. The molecule has 0 spiro atoms. The molecule has 1 unspecified atom stereocenters. The molecule has 3 aliphatic heterocycles. The molecule has 3 heterocycles. The van der Waals surface area contributed by atoms with Gasteiger partial charge in [0.25, 0.3) is 5.91 Å². The molecule has 1 atom stereocenters. The molecule has 9 nitrogen and oxygen atoms in total. The van der Waals surface area contributed by atoms with Crippen LogP contribution < -0.4 is 10.1 Å². The number of nitrogens with one attached hydrogen (secondary N) is 1. The van der Waals surface area contributed by atoms with Gasteiger partial charge < -0.3 is 9.64 Å². The Balaban J connectivity index is 1.31. The monoisotopic (exact) mass is 501 g/mol. The lowest BCUT2D eigenvalue weighted by Gasteiger charge is -2.32. The van der Waals surface area contributed by atoms with E-state index in [2.05, 4.69) is 5.32 Å². The van der Waals surface area contributed by atoms with Gasteiger partial charge in [0.1, 0.15) is 23.7 Å². The van der Waals surface area contributed by atoms with Crippen LogP contribution in [-0.4, -0.2) is 60.6 Å². The van der Waals surface area contributed by atoms with Gasteiger partial charge in [-0.25, -0.2) is 12.8 Å². The number of ether oxygens (including phenoxy) is 1. The Morgan fingerprint density at radius 1 is 0.971 bits per heavy atom. The SMILES string of the molecule is O=C1CCC(N2Cc3c(cccc3S(=O)(=O)N3CCC(Oc4ccc(F)cc4)CC3)C2=O)C(=O)N1. The summed E-state index contributed by atoms with van der Waals surface area (Å²) >= 11 is 0. The van der Waals surface area contributed by atoms with Gasteiger partial charge in [0.2, 0.25) is 21.8 Å². The summed E-state index contributed by atoms with van der Waals surface area (Å²) < 4.78 is 47.4. The number of benzene rings is 2. The van der Waals surface area contributed by atoms with Gasteiger partial charge in [-0.1, -0.05) is 6.07 Å². The number of fused-ring (bicyclic) bond motifs is 1. The first kappa shape index (κ1) is 23.4. The smallest absolute Gasteiger partial charge is 0.255 e. The number of nitrogens with zero attached hydrogens (tertiary/aromatic N) is 2. The highest BCUT2D eigenvalue weighted by Crippen LogP contribution is 2.34. The van der Waals surface area contributed by atoms with E-state index in [1.165, 1.54) is 45.6 Å². The molecule has 2 fully saturated rings. The number of carbonyl (C=O) groups excluding carboxylic acids is 3. The zero-order valence-corrected chi connectivity index (χ0v) is 19.6. The van der Waals surface area contributed by atoms with E-state index in [0.29, 0.717) is 24.2 Å². The second-order valence-corrected chi connectivity index (χ2v) is 10.8. The van der Waals surface area contributed by atoms with Gasteiger partial charge in [0.05, 0.1) is 4.90 Å². The molecule has 3 aliphatic rings. The Hall–Kier alpha value is -3.31. The second-order valence-electron chi connectivity index (χ2n) is 8.86. The average Bonchev–Trinajstić information content (AvgIpc) is 3.17. The third kappa shape index (κ3) is 4.41. The van der Waals surface area contributed by atoms with Crippen LogP contribution in [0, 0.1) is 5.82 Å². The lowest BCUT2D eigenvalue weighted by Crippen LogP contribution is -2.52. The van der Waals surface area contributed by atoms with E-state index >= 15 is 0 Å². The first-order valence-electron chi connectivity index (χ1n) is 11.4. The maximum absolute atomic E-state index is 13.5. The van der Waals surface area contributed by atoms with Crippen molar-refractivity contribution in [3.63, 3.8) is 0 Å². The number of halogens is 1. The minimum atomic E-state index is -3.89. The summed E-state index contributed by atoms with van der Waals surface area (Å²) in [4.78, 5) is 38.2. The van der Waals surface area contributed by atoms with Crippen LogP contribution in [0.15, 0.2) is 47.4 Å². The van der Waals surface area contributed by atoms with Crippen LogP contribution in [0.25, 0.3) is 0 Å². The predicted molar refractivity (Wildman–Crippen MR) is 121 cm³/mol. The first-order valence-corrected chi connectivity index (χ1v) is 12.9.